The molecule has 0 bridgehead atoms. The maximum Gasteiger partial charge on any atom is 0.270 e. The average molecular weight is 507 g/mol. The third kappa shape index (κ3) is 6.02. The van der Waals surface area contributed by atoms with Crippen molar-refractivity contribution in [3.05, 3.63) is 88.2 Å². The quantitative estimate of drug-likeness (QED) is 0.124. The topological polar surface area (TPSA) is 99.3 Å². The van der Waals surface area contributed by atoms with Gasteiger partial charge in [0.15, 0.2) is 0 Å². The van der Waals surface area contributed by atoms with E-state index in [-0.39, 0.29) is 18.3 Å². The van der Waals surface area contributed by atoms with E-state index in [0.717, 1.165) is 11.6 Å². The molecule has 10 heteroatoms. The van der Waals surface area contributed by atoms with Crippen molar-refractivity contribution in [3.63, 3.8) is 0 Å². The third-order valence-electron chi connectivity index (χ3n) is 5.66. The predicted molar refractivity (Wildman–Crippen MR) is 140 cm³/mol. The smallest absolute Gasteiger partial charge is 0.270 e. The van der Waals surface area contributed by atoms with Crippen LogP contribution in [0.4, 0.5) is 15.8 Å². The van der Waals surface area contributed by atoms with Gasteiger partial charge in [-0.15, -0.1) is 0 Å². The second-order valence-electron chi connectivity index (χ2n) is 9.70. The highest BCUT2D eigenvalue weighted by Gasteiger charge is 2.17. The van der Waals surface area contributed by atoms with Crippen LogP contribution in [0, 0.1) is 15.9 Å². The van der Waals surface area contributed by atoms with Gasteiger partial charge in [-0.2, -0.15) is 5.10 Å². The van der Waals surface area contributed by atoms with Crippen molar-refractivity contribution in [1.82, 2.24) is 9.78 Å². The summed E-state index contributed by atoms with van der Waals surface area (Å²) >= 11 is 0. The van der Waals surface area contributed by atoms with Crippen LogP contribution in [0.3, 0.4) is 0 Å². The van der Waals surface area contributed by atoms with E-state index in [1.54, 1.807) is 28.9 Å². The van der Waals surface area contributed by atoms with E-state index < -0.39 is 18.8 Å². The van der Waals surface area contributed by atoms with Crippen molar-refractivity contribution in [3.8, 4) is 11.3 Å². The number of hydrogen-bond donors (Lipinski definition) is 1. The number of fused-ring (bicyclic) bond motifs is 1. The zero-order chi connectivity index (χ0) is 25.9. The van der Waals surface area contributed by atoms with E-state index in [4.69, 9.17) is 9.84 Å². The molecule has 3 aromatic carbocycles. The maximum absolute atomic E-state index is 13.2. The molecule has 0 aliphatic carbocycles. The first kappa shape index (κ1) is 25.2. The largest absolute Gasteiger partial charge is 0.360 e. The monoisotopic (exact) mass is 506 g/mol. The zero-order valence-corrected chi connectivity index (χ0v) is 21.3. The van der Waals surface area contributed by atoms with Gasteiger partial charge in [-0.25, -0.2) is 9.07 Å². The number of nitro benzene ring substituents is 1. The molecule has 0 saturated carbocycles. The molecule has 0 aliphatic rings. The van der Waals surface area contributed by atoms with E-state index in [9.17, 15) is 19.3 Å². The fourth-order valence-electron chi connectivity index (χ4n) is 3.67. The van der Waals surface area contributed by atoms with E-state index in [1.807, 2.05) is 6.07 Å². The number of ether oxygens (including phenoxy) is 1. The van der Waals surface area contributed by atoms with Gasteiger partial charge in [0.1, 0.15) is 18.2 Å². The molecule has 0 fully saturated rings. The maximum atomic E-state index is 13.2. The Morgan fingerprint density at radius 2 is 1.86 bits per heavy atom. The van der Waals surface area contributed by atoms with Gasteiger partial charge in [-0.3, -0.25) is 14.9 Å². The molecular formula is C26H27FN4O4Si. The Hall–Kier alpha value is -3.89. The molecule has 0 atom stereocenters. The highest BCUT2D eigenvalue weighted by Crippen LogP contribution is 2.32. The lowest BCUT2D eigenvalue weighted by molar-refractivity contribution is -0.384. The Morgan fingerprint density at radius 3 is 2.56 bits per heavy atom. The summed E-state index contributed by atoms with van der Waals surface area (Å²) in [5, 5.41) is 19.6. The van der Waals surface area contributed by atoms with Crippen LogP contribution >= 0.6 is 0 Å². The number of aromatic nitrogens is 2. The third-order valence-corrected chi connectivity index (χ3v) is 7.36. The number of hydrogen-bond acceptors (Lipinski definition) is 5. The summed E-state index contributed by atoms with van der Waals surface area (Å²) < 4.78 is 20.8. The van der Waals surface area contributed by atoms with Crippen LogP contribution in [0.25, 0.3) is 22.2 Å². The Kier molecular flexibility index (Phi) is 7.27. The summed E-state index contributed by atoms with van der Waals surface area (Å²) in [6, 6.07) is 17.9. The summed E-state index contributed by atoms with van der Waals surface area (Å²) in [5.74, 6) is -0.803. The van der Waals surface area contributed by atoms with Crippen LogP contribution in [0.1, 0.15) is 10.4 Å². The first-order valence-corrected chi connectivity index (χ1v) is 15.2. The van der Waals surface area contributed by atoms with Crippen molar-refractivity contribution < 1.29 is 18.8 Å². The molecule has 0 aliphatic heterocycles. The minimum Gasteiger partial charge on any atom is -0.360 e. The lowest BCUT2D eigenvalue weighted by Crippen LogP contribution is -2.22. The average Bonchev–Trinajstić information content (AvgIpc) is 3.19. The van der Waals surface area contributed by atoms with E-state index >= 15 is 0 Å². The Balaban J connectivity index is 1.68. The number of nitrogens with zero attached hydrogens (tertiary/aromatic N) is 3. The molecule has 0 radical (unpaired) electrons. The van der Waals surface area contributed by atoms with Gasteiger partial charge in [0, 0.05) is 49.0 Å². The molecule has 8 nitrogen and oxygen atoms in total. The minimum atomic E-state index is -1.25. The van der Waals surface area contributed by atoms with E-state index in [0.29, 0.717) is 34.5 Å². The number of carbonyl (C=O) groups excluding carboxylic acids is 1. The Bertz CT molecular complexity index is 1410. The van der Waals surface area contributed by atoms with Crippen LogP contribution in [-0.2, 0) is 11.5 Å². The lowest BCUT2D eigenvalue weighted by atomic mass is 10.1. The first-order chi connectivity index (χ1) is 17.1. The number of non-ortho nitro benzene ring substituents is 1. The second-order valence-corrected chi connectivity index (χ2v) is 15.3. The molecular weight excluding hydrogens is 479 g/mol. The van der Waals surface area contributed by atoms with Crippen molar-refractivity contribution in [2.45, 2.75) is 32.4 Å². The number of rotatable bonds is 9. The zero-order valence-electron chi connectivity index (χ0n) is 20.3. The molecule has 0 saturated heterocycles. The van der Waals surface area contributed by atoms with Crippen LogP contribution < -0.4 is 5.32 Å². The number of anilines is 1. The highest BCUT2D eigenvalue weighted by atomic mass is 28.3. The molecule has 4 aromatic rings. The van der Waals surface area contributed by atoms with Gasteiger partial charge in [0.05, 0.1) is 10.4 Å². The Labute approximate surface area is 208 Å². The van der Waals surface area contributed by atoms with Gasteiger partial charge < -0.3 is 10.1 Å². The standard InChI is InChI=1S/C26H27FN4O4Si/c1-36(2,3)14-13-35-17-30-24-12-11-21(28-26(32)18-7-9-20(27)10-8-18)16-23(24)25(29-30)19-5-4-6-22(15-19)31(33)34/h4-12,15-16H,13-14,17H2,1-3H3,(H,28,32). The molecule has 36 heavy (non-hydrogen) atoms. The van der Waals surface area contributed by atoms with Gasteiger partial charge >= 0.3 is 0 Å². The highest BCUT2D eigenvalue weighted by molar-refractivity contribution is 6.76. The van der Waals surface area contributed by atoms with Crippen molar-refractivity contribution >= 4 is 36.3 Å². The number of halogens is 1. The summed E-state index contributed by atoms with van der Waals surface area (Å²) in [5.41, 5.74) is 2.69. The number of nitrogens with one attached hydrogen (secondary N) is 1. The van der Waals surface area contributed by atoms with Crippen LogP contribution in [0.5, 0.6) is 0 Å². The van der Waals surface area contributed by atoms with Gasteiger partial charge in [-0.1, -0.05) is 31.8 Å². The molecule has 0 unspecified atom stereocenters. The van der Waals surface area contributed by atoms with E-state index in [2.05, 4.69) is 25.0 Å². The number of nitro groups is 1. The predicted octanol–water partition coefficient (Wildman–Crippen LogP) is 6.32. The molecule has 4 rings (SSSR count). The second kappa shape index (κ2) is 10.4. The fourth-order valence-corrected chi connectivity index (χ4v) is 4.43. The normalized spacial score (nSPS) is 11.6. The summed E-state index contributed by atoms with van der Waals surface area (Å²) in [6.45, 7) is 7.69. The summed E-state index contributed by atoms with van der Waals surface area (Å²) in [6.07, 6.45) is 0. The lowest BCUT2D eigenvalue weighted by Gasteiger charge is -2.15. The number of benzene rings is 3. The Morgan fingerprint density at radius 1 is 1.11 bits per heavy atom. The molecule has 1 aromatic heterocycles. The molecule has 186 valence electrons. The summed E-state index contributed by atoms with van der Waals surface area (Å²) in [7, 11) is -1.25. The van der Waals surface area contributed by atoms with E-state index in [1.165, 1.54) is 36.4 Å². The molecule has 0 spiro atoms. The molecule has 1 heterocycles. The van der Waals surface area contributed by atoms with Crippen molar-refractivity contribution in [2.75, 3.05) is 11.9 Å². The summed E-state index contributed by atoms with van der Waals surface area (Å²) in [4.78, 5) is 23.5. The minimum absolute atomic E-state index is 0.0395. The van der Waals surface area contributed by atoms with Gasteiger partial charge in [0.2, 0.25) is 0 Å². The van der Waals surface area contributed by atoms with Crippen molar-refractivity contribution in [1.29, 1.82) is 0 Å². The molecule has 1 amide bonds. The van der Waals surface area contributed by atoms with Crippen LogP contribution in [0.2, 0.25) is 25.7 Å². The van der Waals surface area contributed by atoms with Crippen LogP contribution in [0.15, 0.2) is 66.7 Å². The number of carbonyl (C=O) groups is 1. The SMILES string of the molecule is C[Si](C)(C)CCOCn1nc(-c2cccc([N+](=O)[O-])c2)c2cc(NC(=O)c3ccc(F)cc3)ccc21. The fraction of sp³-hybridized carbons (Fsp3) is 0.231. The van der Waals surface area contributed by atoms with Crippen LogP contribution in [-0.4, -0.2) is 35.3 Å². The number of amides is 1. The van der Waals surface area contributed by atoms with Gasteiger partial charge in [0.25, 0.3) is 11.6 Å². The molecule has 1 N–H and O–H groups in total. The first-order valence-electron chi connectivity index (χ1n) is 11.5. The van der Waals surface area contributed by atoms with Crippen molar-refractivity contribution in [2.24, 2.45) is 0 Å². The van der Waals surface area contributed by atoms with Gasteiger partial charge in [-0.05, 0) is 48.5 Å².